The van der Waals surface area contributed by atoms with Gasteiger partial charge in [-0.15, -0.1) is 0 Å². The Balaban J connectivity index is 2.58. The number of hydrogen-bond donors (Lipinski definition) is 0. The van der Waals surface area contributed by atoms with Crippen LogP contribution in [0.15, 0.2) is 48.7 Å². The number of rotatable bonds is 5. The van der Waals surface area contributed by atoms with E-state index in [9.17, 15) is 0 Å². The van der Waals surface area contributed by atoms with Crippen molar-refractivity contribution >= 4 is 0 Å². The Morgan fingerprint density at radius 3 is 2.35 bits per heavy atom. The van der Waals surface area contributed by atoms with Crippen LogP contribution in [0.3, 0.4) is 0 Å². The molecule has 1 aromatic carbocycles. The predicted octanol–water partition coefficient (Wildman–Crippen LogP) is 5.46. The minimum atomic E-state index is 0.197. The Bertz CT molecular complexity index is 547. The lowest BCUT2D eigenvalue weighted by Crippen LogP contribution is -2.30. The van der Waals surface area contributed by atoms with Crippen LogP contribution < -0.4 is 0 Å². The zero-order valence-electron chi connectivity index (χ0n) is 13.1. The molecule has 0 amide bonds. The molecular formula is C19H25N. The van der Waals surface area contributed by atoms with Crippen molar-refractivity contribution in [2.75, 3.05) is 0 Å². The molecule has 1 aromatic heterocycles. The maximum Gasteiger partial charge on any atom is 0.0704 e. The smallest absolute Gasteiger partial charge is 0.0704 e. The van der Waals surface area contributed by atoms with E-state index >= 15 is 0 Å². The zero-order valence-corrected chi connectivity index (χ0v) is 13.1. The molecule has 2 rings (SSSR count). The monoisotopic (exact) mass is 267 g/mol. The van der Waals surface area contributed by atoms with Crippen LogP contribution in [-0.2, 0) is 5.41 Å². The Hall–Kier alpha value is -1.63. The highest BCUT2D eigenvalue weighted by molar-refractivity contribution is 5.65. The third-order valence-corrected chi connectivity index (χ3v) is 4.92. The van der Waals surface area contributed by atoms with Crippen LogP contribution >= 0.6 is 0 Å². The second-order valence-corrected chi connectivity index (χ2v) is 5.84. The molecule has 2 aromatic rings. The Kier molecular flexibility index (Phi) is 4.59. The lowest BCUT2D eigenvalue weighted by atomic mass is 9.68. The molecule has 20 heavy (non-hydrogen) atoms. The van der Waals surface area contributed by atoms with Gasteiger partial charge < -0.3 is 0 Å². The number of aromatic nitrogens is 1. The summed E-state index contributed by atoms with van der Waals surface area (Å²) in [5, 5.41) is 0. The van der Waals surface area contributed by atoms with Crippen molar-refractivity contribution in [3.63, 3.8) is 0 Å². The molecule has 1 heteroatoms. The van der Waals surface area contributed by atoms with Crippen molar-refractivity contribution in [2.45, 2.75) is 46.0 Å². The van der Waals surface area contributed by atoms with Crippen molar-refractivity contribution in [1.29, 1.82) is 0 Å². The van der Waals surface area contributed by atoms with Crippen LogP contribution in [0.4, 0.5) is 0 Å². The van der Waals surface area contributed by atoms with Gasteiger partial charge in [0.05, 0.1) is 5.69 Å². The van der Waals surface area contributed by atoms with E-state index in [4.69, 9.17) is 0 Å². The molecule has 106 valence electrons. The molecule has 0 aliphatic rings. The summed E-state index contributed by atoms with van der Waals surface area (Å²) in [5.41, 5.74) is 3.97. The SMILES string of the molecule is CCC(C)C(C)(CC)c1ccccc1-c1ccccn1. The molecule has 0 aliphatic carbocycles. The van der Waals surface area contributed by atoms with Crippen LogP contribution in [0, 0.1) is 5.92 Å². The first-order valence-electron chi connectivity index (χ1n) is 7.64. The van der Waals surface area contributed by atoms with Crippen LogP contribution in [0.1, 0.15) is 46.1 Å². The van der Waals surface area contributed by atoms with E-state index in [0.29, 0.717) is 5.92 Å². The normalized spacial score (nSPS) is 15.6. The molecule has 0 saturated heterocycles. The van der Waals surface area contributed by atoms with E-state index in [-0.39, 0.29) is 5.41 Å². The topological polar surface area (TPSA) is 12.9 Å². The van der Waals surface area contributed by atoms with Crippen molar-refractivity contribution in [3.8, 4) is 11.3 Å². The van der Waals surface area contributed by atoms with Gasteiger partial charge in [0, 0.05) is 11.8 Å². The minimum Gasteiger partial charge on any atom is -0.256 e. The Morgan fingerprint density at radius 1 is 1.05 bits per heavy atom. The molecule has 0 spiro atoms. The quantitative estimate of drug-likeness (QED) is 0.700. The highest BCUT2D eigenvalue weighted by atomic mass is 14.7. The number of benzene rings is 1. The zero-order chi connectivity index (χ0) is 14.6. The van der Waals surface area contributed by atoms with Gasteiger partial charge in [0.15, 0.2) is 0 Å². The fraction of sp³-hybridized carbons (Fsp3) is 0.421. The molecule has 0 saturated carbocycles. The van der Waals surface area contributed by atoms with E-state index in [1.807, 2.05) is 12.3 Å². The van der Waals surface area contributed by atoms with Crippen LogP contribution in [0.2, 0.25) is 0 Å². The molecule has 1 heterocycles. The van der Waals surface area contributed by atoms with Gasteiger partial charge in [-0.05, 0) is 35.4 Å². The second-order valence-electron chi connectivity index (χ2n) is 5.84. The first kappa shape index (κ1) is 14.8. The first-order chi connectivity index (χ1) is 9.63. The van der Waals surface area contributed by atoms with Gasteiger partial charge in [-0.25, -0.2) is 0 Å². The number of nitrogens with zero attached hydrogens (tertiary/aromatic N) is 1. The van der Waals surface area contributed by atoms with Crippen LogP contribution in [-0.4, -0.2) is 4.98 Å². The Labute approximate surface area is 123 Å². The maximum atomic E-state index is 4.54. The van der Waals surface area contributed by atoms with Gasteiger partial charge in [0.1, 0.15) is 0 Å². The highest BCUT2D eigenvalue weighted by Crippen LogP contribution is 2.41. The molecule has 2 unspecified atom stereocenters. The molecular weight excluding hydrogens is 242 g/mol. The van der Waals surface area contributed by atoms with E-state index in [1.54, 1.807) is 0 Å². The summed E-state index contributed by atoms with van der Waals surface area (Å²) in [5.74, 6) is 0.650. The van der Waals surface area contributed by atoms with Crippen molar-refractivity contribution in [1.82, 2.24) is 4.98 Å². The summed E-state index contributed by atoms with van der Waals surface area (Å²) < 4.78 is 0. The Morgan fingerprint density at radius 2 is 1.75 bits per heavy atom. The van der Waals surface area contributed by atoms with Crippen molar-refractivity contribution < 1.29 is 0 Å². The predicted molar refractivity (Wildman–Crippen MR) is 86.8 cm³/mol. The van der Waals surface area contributed by atoms with Crippen molar-refractivity contribution in [3.05, 3.63) is 54.2 Å². The molecule has 0 fully saturated rings. The standard InChI is InChI=1S/C19H25N/c1-5-15(3)19(4,6-2)17-12-8-7-11-16(17)18-13-9-10-14-20-18/h7-15H,5-6H2,1-4H3. The van der Waals surface area contributed by atoms with Gasteiger partial charge in [-0.2, -0.15) is 0 Å². The first-order valence-corrected chi connectivity index (χ1v) is 7.64. The third kappa shape index (κ3) is 2.63. The van der Waals surface area contributed by atoms with Gasteiger partial charge in [0.2, 0.25) is 0 Å². The van der Waals surface area contributed by atoms with Gasteiger partial charge >= 0.3 is 0 Å². The summed E-state index contributed by atoms with van der Waals surface area (Å²) in [6, 6.07) is 14.9. The lowest BCUT2D eigenvalue weighted by molar-refractivity contribution is 0.296. The van der Waals surface area contributed by atoms with E-state index in [2.05, 4.69) is 69.1 Å². The summed E-state index contributed by atoms with van der Waals surface area (Å²) in [4.78, 5) is 4.54. The molecule has 0 aliphatic heterocycles. The van der Waals surface area contributed by atoms with Gasteiger partial charge in [-0.3, -0.25) is 4.98 Å². The summed E-state index contributed by atoms with van der Waals surface area (Å²) in [6.07, 6.45) is 4.21. The number of pyridine rings is 1. The third-order valence-electron chi connectivity index (χ3n) is 4.92. The fourth-order valence-corrected chi connectivity index (χ4v) is 2.98. The maximum absolute atomic E-state index is 4.54. The molecule has 0 radical (unpaired) electrons. The highest BCUT2D eigenvalue weighted by Gasteiger charge is 2.32. The van der Waals surface area contributed by atoms with E-state index in [0.717, 1.165) is 12.1 Å². The summed E-state index contributed by atoms with van der Waals surface area (Å²) >= 11 is 0. The van der Waals surface area contributed by atoms with Gasteiger partial charge in [-0.1, -0.05) is 64.4 Å². The fourth-order valence-electron chi connectivity index (χ4n) is 2.98. The average molecular weight is 267 g/mol. The van der Waals surface area contributed by atoms with Gasteiger partial charge in [0.25, 0.3) is 0 Å². The molecule has 0 N–H and O–H groups in total. The number of hydrogen-bond acceptors (Lipinski definition) is 1. The van der Waals surface area contributed by atoms with Crippen molar-refractivity contribution in [2.24, 2.45) is 5.92 Å². The molecule has 1 nitrogen and oxygen atoms in total. The second kappa shape index (κ2) is 6.21. The lowest BCUT2D eigenvalue weighted by Gasteiger charge is -2.36. The van der Waals surface area contributed by atoms with E-state index < -0.39 is 0 Å². The summed E-state index contributed by atoms with van der Waals surface area (Å²) in [7, 11) is 0. The molecule has 2 atom stereocenters. The summed E-state index contributed by atoms with van der Waals surface area (Å²) in [6.45, 7) is 9.32. The molecule has 0 bridgehead atoms. The van der Waals surface area contributed by atoms with Crippen LogP contribution in [0.5, 0.6) is 0 Å². The van der Waals surface area contributed by atoms with Crippen LogP contribution in [0.25, 0.3) is 11.3 Å². The average Bonchev–Trinajstić information content (AvgIpc) is 2.54. The van der Waals surface area contributed by atoms with E-state index in [1.165, 1.54) is 17.5 Å². The minimum absolute atomic E-state index is 0.197. The largest absolute Gasteiger partial charge is 0.256 e.